The van der Waals surface area contributed by atoms with Crippen molar-refractivity contribution in [3.05, 3.63) is 43.0 Å². The predicted octanol–water partition coefficient (Wildman–Crippen LogP) is 2.97. The maximum atomic E-state index is 5.40. The van der Waals surface area contributed by atoms with Crippen LogP contribution in [0.2, 0.25) is 0 Å². The van der Waals surface area contributed by atoms with Gasteiger partial charge in [0.25, 0.3) is 0 Å². The molecule has 3 aromatic heterocycles. The van der Waals surface area contributed by atoms with Gasteiger partial charge in [0.2, 0.25) is 5.95 Å². The lowest BCUT2D eigenvalue weighted by Crippen LogP contribution is -2.36. The van der Waals surface area contributed by atoms with E-state index in [1.807, 2.05) is 36.9 Å². The Kier molecular flexibility index (Phi) is 4.25. The van der Waals surface area contributed by atoms with Crippen molar-refractivity contribution in [3.63, 3.8) is 0 Å². The van der Waals surface area contributed by atoms with Gasteiger partial charge in [0, 0.05) is 31.2 Å². The first-order valence-corrected chi connectivity index (χ1v) is 9.48. The van der Waals surface area contributed by atoms with E-state index in [0.717, 1.165) is 60.5 Å². The highest BCUT2D eigenvalue weighted by atomic mass is 16.5. The lowest BCUT2D eigenvalue weighted by molar-refractivity contribution is 0.122. The van der Waals surface area contributed by atoms with Crippen LogP contribution in [-0.4, -0.2) is 50.8 Å². The normalized spacial score (nSPS) is 14.7. The maximum Gasteiger partial charge on any atom is 0.228 e. The molecule has 0 atom stereocenters. The van der Waals surface area contributed by atoms with E-state index >= 15 is 0 Å². The molecule has 5 rings (SSSR count). The number of pyridine rings is 1. The number of hydrogen-bond donors (Lipinski definition) is 1. The van der Waals surface area contributed by atoms with E-state index in [2.05, 4.69) is 42.7 Å². The molecule has 1 aliphatic heterocycles. The highest BCUT2D eigenvalue weighted by Gasteiger charge is 2.12. The molecule has 0 saturated carbocycles. The molecule has 1 aromatic carbocycles. The highest BCUT2D eigenvalue weighted by Crippen LogP contribution is 2.25. The van der Waals surface area contributed by atoms with Gasteiger partial charge in [-0.15, -0.1) is 0 Å². The van der Waals surface area contributed by atoms with Crippen LogP contribution in [0.4, 0.5) is 17.5 Å². The number of hydrogen-bond acceptors (Lipinski definition) is 7. The van der Waals surface area contributed by atoms with E-state index in [0.29, 0.717) is 11.8 Å². The van der Waals surface area contributed by atoms with Crippen LogP contribution in [0.25, 0.3) is 21.9 Å². The summed E-state index contributed by atoms with van der Waals surface area (Å²) in [6, 6.07) is 8.03. The lowest BCUT2D eigenvalue weighted by Gasteiger charge is -2.28. The molecule has 1 N–H and O–H groups in total. The van der Waals surface area contributed by atoms with E-state index < -0.39 is 0 Å². The van der Waals surface area contributed by atoms with Gasteiger partial charge in [-0.05, 0) is 31.2 Å². The zero-order valence-corrected chi connectivity index (χ0v) is 15.7. The van der Waals surface area contributed by atoms with Gasteiger partial charge in [-0.2, -0.15) is 0 Å². The number of rotatable bonds is 4. The lowest BCUT2D eigenvalue weighted by atomic mass is 10.2. The minimum Gasteiger partial charge on any atom is -0.378 e. The molecule has 8 nitrogen and oxygen atoms in total. The number of aryl methyl sites for hydroxylation is 1. The van der Waals surface area contributed by atoms with Gasteiger partial charge in [-0.1, -0.05) is 0 Å². The second-order valence-corrected chi connectivity index (χ2v) is 6.72. The van der Waals surface area contributed by atoms with Crippen LogP contribution in [0, 0.1) is 0 Å². The van der Waals surface area contributed by atoms with Crippen molar-refractivity contribution in [2.24, 2.45) is 0 Å². The molecule has 1 fully saturated rings. The topological polar surface area (TPSA) is 81.0 Å². The Labute approximate surface area is 162 Å². The second-order valence-electron chi connectivity index (χ2n) is 6.72. The number of anilines is 3. The molecule has 0 bridgehead atoms. The summed E-state index contributed by atoms with van der Waals surface area (Å²) in [6.07, 6.45) is 5.56. The Morgan fingerprint density at radius 3 is 2.71 bits per heavy atom. The third kappa shape index (κ3) is 3.01. The average Bonchev–Trinajstić information content (AvgIpc) is 3.19. The van der Waals surface area contributed by atoms with Crippen LogP contribution < -0.4 is 10.2 Å². The third-order valence-electron chi connectivity index (χ3n) is 5.03. The summed E-state index contributed by atoms with van der Waals surface area (Å²) < 4.78 is 7.50. The van der Waals surface area contributed by atoms with Crippen LogP contribution >= 0.6 is 0 Å². The van der Waals surface area contributed by atoms with Crippen molar-refractivity contribution in [3.8, 4) is 0 Å². The van der Waals surface area contributed by atoms with Gasteiger partial charge >= 0.3 is 0 Å². The Morgan fingerprint density at radius 2 is 1.93 bits per heavy atom. The molecule has 4 heterocycles. The number of ether oxygens (including phenoxy) is 1. The van der Waals surface area contributed by atoms with E-state index in [1.54, 1.807) is 0 Å². The molecule has 28 heavy (non-hydrogen) atoms. The van der Waals surface area contributed by atoms with Crippen LogP contribution in [0.1, 0.15) is 6.92 Å². The van der Waals surface area contributed by atoms with Gasteiger partial charge in [0.15, 0.2) is 0 Å². The van der Waals surface area contributed by atoms with Crippen molar-refractivity contribution < 1.29 is 4.74 Å². The number of nitrogens with one attached hydrogen (secondary N) is 1. The van der Waals surface area contributed by atoms with Gasteiger partial charge < -0.3 is 19.5 Å². The average molecular weight is 375 g/mol. The fourth-order valence-electron chi connectivity index (χ4n) is 3.53. The molecule has 0 spiro atoms. The van der Waals surface area contributed by atoms with Crippen LogP contribution in [-0.2, 0) is 11.3 Å². The molecule has 142 valence electrons. The van der Waals surface area contributed by atoms with Crippen molar-refractivity contribution in [1.29, 1.82) is 0 Å². The Bertz CT molecular complexity index is 1120. The van der Waals surface area contributed by atoms with Crippen molar-refractivity contribution >= 4 is 39.4 Å². The molecule has 8 heteroatoms. The molecule has 4 aromatic rings. The first-order valence-electron chi connectivity index (χ1n) is 9.48. The zero-order valence-electron chi connectivity index (χ0n) is 15.7. The second kappa shape index (κ2) is 7.05. The van der Waals surface area contributed by atoms with Gasteiger partial charge in [-0.25, -0.2) is 19.9 Å². The number of aromatic nitrogens is 5. The number of fused-ring (bicyclic) bond motifs is 3. The van der Waals surface area contributed by atoms with E-state index in [4.69, 9.17) is 9.72 Å². The van der Waals surface area contributed by atoms with Gasteiger partial charge in [0.05, 0.1) is 42.5 Å². The first kappa shape index (κ1) is 16.9. The van der Waals surface area contributed by atoms with E-state index in [9.17, 15) is 0 Å². The van der Waals surface area contributed by atoms with Crippen LogP contribution in [0.5, 0.6) is 0 Å². The highest BCUT2D eigenvalue weighted by molar-refractivity contribution is 6.01. The summed E-state index contributed by atoms with van der Waals surface area (Å²) in [5.41, 5.74) is 3.95. The molecule has 0 unspecified atom stereocenters. The van der Waals surface area contributed by atoms with Crippen molar-refractivity contribution in [2.75, 3.05) is 36.5 Å². The number of nitrogens with zero attached hydrogens (tertiary/aromatic N) is 6. The molecule has 0 amide bonds. The molecule has 1 aliphatic rings. The Hall–Kier alpha value is -3.26. The quantitative estimate of drug-likeness (QED) is 0.587. The van der Waals surface area contributed by atoms with Crippen molar-refractivity contribution in [1.82, 2.24) is 24.5 Å². The predicted molar refractivity (Wildman–Crippen MR) is 109 cm³/mol. The number of imidazole rings is 1. The standard InChI is InChI=1S/C20H21N7O/c1-2-26-13-23-16-5-3-14-11-22-20(25-18(14)19(16)26)24-17-6-4-15(12-21-17)27-7-9-28-10-8-27/h3-6,11-13H,2,7-10H2,1H3,(H,21,22,24,25). The largest absolute Gasteiger partial charge is 0.378 e. The van der Waals surface area contributed by atoms with E-state index in [-0.39, 0.29) is 0 Å². The van der Waals surface area contributed by atoms with Crippen LogP contribution in [0.3, 0.4) is 0 Å². The summed E-state index contributed by atoms with van der Waals surface area (Å²) in [5.74, 6) is 1.24. The van der Waals surface area contributed by atoms with Crippen molar-refractivity contribution in [2.45, 2.75) is 13.5 Å². The van der Waals surface area contributed by atoms with Gasteiger partial charge in [0.1, 0.15) is 11.3 Å². The molecular weight excluding hydrogens is 354 g/mol. The first-order chi connectivity index (χ1) is 13.8. The fraction of sp³-hybridized carbons (Fsp3) is 0.300. The minimum atomic E-state index is 0.524. The maximum absolute atomic E-state index is 5.40. The number of morpholine rings is 1. The summed E-state index contributed by atoms with van der Waals surface area (Å²) >= 11 is 0. The zero-order chi connectivity index (χ0) is 18.9. The van der Waals surface area contributed by atoms with Crippen LogP contribution in [0.15, 0.2) is 43.0 Å². The molecule has 0 aliphatic carbocycles. The monoisotopic (exact) mass is 375 g/mol. The van der Waals surface area contributed by atoms with Gasteiger partial charge in [-0.3, -0.25) is 0 Å². The fourth-order valence-corrected chi connectivity index (χ4v) is 3.53. The molecule has 1 saturated heterocycles. The summed E-state index contributed by atoms with van der Waals surface area (Å²) in [7, 11) is 0. The summed E-state index contributed by atoms with van der Waals surface area (Å²) in [5, 5.41) is 4.20. The summed E-state index contributed by atoms with van der Waals surface area (Å²) in [6.45, 7) is 6.24. The Morgan fingerprint density at radius 1 is 1.04 bits per heavy atom. The molecular formula is C20H21N7O. The molecule has 0 radical (unpaired) electrons. The minimum absolute atomic E-state index is 0.524. The smallest absolute Gasteiger partial charge is 0.228 e. The Balaban J connectivity index is 1.44. The summed E-state index contributed by atoms with van der Waals surface area (Å²) in [4.78, 5) is 20.4. The third-order valence-corrected chi connectivity index (χ3v) is 5.03. The number of benzene rings is 1. The SMILES string of the molecule is CCn1cnc2ccc3cnc(Nc4ccc(N5CCOCC5)cn4)nc3c21. The van der Waals surface area contributed by atoms with E-state index in [1.165, 1.54) is 0 Å².